The minimum Gasteiger partial charge on any atom is -0.481 e. The summed E-state index contributed by atoms with van der Waals surface area (Å²) in [4.78, 5) is 9.87. The summed E-state index contributed by atoms with van der Waals surface area (Å²) in [7, 11) is 1.39. The molecule has 148 valence electrons. The number of nitrogens with zero attached hydrogens (tertiary/aromatic N) is 1. The van der Waals surface area contributed by atoms with Crippen molar-refractivity contribution in [3.8, 4) is 5.88 Å². The van der Waals surface area contributed by atoms with Gasteiger partial charge < -0.3 is 4.74 Å². The zero-order valence-corrected chi connectivity index (χ0v) is 15.4. The van der Waals surface area contributed by atoms with Crippen molar-refractivity contribution < 1.29 is 22.7 Å². The molecule has 0 amide bonds. The molecular formula is C21H21F3N2O2. The number of alkyl halides is 3. The van der Waals surface area contributed by atoms with Crippen LogP contribution in [-0.2, 0) is 11.0 Å². The molecule has 1 N–H and O–H groups in total. The van der Waals surface area contributed by atoms with E-state index in [2.05, 4.69) is 22.6 Å². The highest BCUT2D eigenvalue weighted by molar-refractivity contribution is 5.70. The second-order valence-electron chi connectivity index (χ2n) is 7.20. The van der Waals surface area contributed by atoms with E-state index < -0.39 is 17.3 Å². The van der Waals surface area contributed by atoms with Crippen LogP contribution in [0.15, 0.2) is 48.7 Å². The number of nitrogens with one attached hydrogen (secondary N) is 1. The summed E-state index contributed by atoms with van der Waals surface area (Å²) < 4.78 is 44.7. The molecule has 0 saturated heterocycles. The first kappa shape index (κ1) is 18.8. The van der Waals surface area contributed by atoms with Gasteiger partial charge in [-0.15, -0.1) is 0 Å². The van der Waals surface area contributed by atoms with Gasteiger partial charge in [0.05, 0.1) is 23.9 Å². The Balaban J connectivity index is 1.75. The van der Waals surface area contributed by atoms with E-state index in [4.69, 9.17) is 9.57 Å². The van der Waals surface area contributed by atoms with Gasteiger partial charge in [0.1, 0.15) is 5.60 Å². The van der Waals surface area contributed by atoms with Crippen LogP contribution in [0, 0.1) is 0 Å². The van der Waals surface area contributed by atoms with E-state index in [1.165, 1.54) is 7.11 Å². The molecule has 1 aliphatic carbocycles. The quantitative estimate of drug-likeness (QED) is 0.794. The highest BCUT2D eigenvalue weighted by atomic mass is 19.4. The summed E-state index contributed by atoms with van der Waals surface area (Å²) in [5.41, 5.74) is 3.30. The van der Waals surface area contributed by atoms with Crippen molar-refractivity contribution in [1.82, 2.24) is 10.5 Å². The molecular weight excluding hydrogens is 369 g/mol. The van der Waals surface area contributed by atoms with Crippen LogP contribution >= 0.6 is 0 Å². The van der Waals surface area contributed by atoms with Crippen LogP contribution in [0.1, 0.15) is 48.3 Å². The second-order valence-corrected chi connectivity index (χ2v) is 7.20. The third kappa shape index (κ3) is 3.35. The molecule has 1 fully saturated rings. The van der Waals surface area contributed by atoms with Crippen LogP contribution in [0.2, 0.25) is 0 Å². The Hall–Kier alpha value is -2.54. The topological polar surface area (TPSA) is 43.4 Å². The SMILES string of the molecule is COc1ncc(C(F)(F)F)cc1C1=C[C@]2(CCCC[C@H]2c2ccccc2)ON1. The first-order valence-corrected chi connectivity index (χ1v) is 9.26. The van der Waals surface area contributed by atoms with Gasteiger partial charge in [-0.25, -0.2) is 4.98 Å². The van der Waals surface area contributed by atoms with Gasteiger partial charge in [0.15, 0.2) is 0 Å². The van der Waals surface area contributed by atoms with E-state index in [0.717, 1.165) is 43.5 Å². The van der Waals surface area contributed by atoms with Crippen molar-refractivity contribution in [2.45, 2.75) is 43.4 Å². The lowest BCUT2D eigenvalue weighted by Crippen LogP contribution is -2.39. The third-order valence-corrected chi connectivity index (χ3v) is 5.50. The number of hydrogen-bond donors (Lipinski definition) is 1. The standard InChI is InChI=1S/C21H21F3N2O2/c1-27-19-16(11-15(13-25-19)21(22,23)24)18-12-20(28-26-18)10-6-5-9-17(20)14-7-3-2-4-8-14/h2-4,7-8,11-13,17,26H,5-6,9-10H2,1H3/t17-,20-/m0/s1. The van der Waals surface area contributed by atoms with Crippen LogP contribution in [0.5, 0.6) is 5.88 Å². The Morgan fingerprint density at radius 2 is 2.00 bits per heavy atom. The lowest BCUT2D eigenvalue weighted by atomic mass is 9.71. The minimum absolute atomic E-state index is 0.122. The number of hydroxylamine groups is 1. The Labute approximate surface area is 161 Å². The first-order valence-electron chi connectivity index (χ1n) is 9.26. The Morgan fingerprint density at radius 3 is 2.71 bits per heavy atom. The van der Waals surface area contributed by atoms with E-state index in [0.29, 0.717) is 5.70 Å². The van der Waals surface area contributed by atoms with Crippen molar-refractivity contribution in [3.63, 3.8) is 0 Å². The minimum atomic E-state index is -4.48. The number of pyridine rings is 1. The molecule has 7 heteroatoms. The average Bonchev–Trinajstić information content (AvgIpc) is 3.12. The molecule has 0 radical (unpaired) electrons. The second kappa shape index (κ2) is 7.13. The van der Waals surface area contributed by atoms with E-state index in [1.807, 2.05) is 24.3 Å². The summed E-state index contributed by atoms with van der Waals surface area (Å²) in [5.74, 6) is 0.247. The lowest BCUT2D eigenvalue weighted by molar-refractivity contribution is -0.137. The van der Waals surface area contributed by atoms with Crippen LogP contribution in [0.25, 0.3) is 5.70 Å². The van der Waals surface area contributed by atoms with Gasteiger partial charge in [0.25, 0.3) is 0 Å². The Morgan fingerprint density at radius 1 is 1.21 bits per heavy atom. The first-order chi connectivity index (χ1) is 13.4. The van der Waals surface area contributed by atoms with E-state index in [1.54, 1.807) is 0 Å². The summed E-state index contributed by atoms with van der Waals surface area (Å²) in [5, 5.41) is 0. The fourth-order valence-corrected chi connectivity index (χ4v) is 4.15. The molecule has 2 aromatic rings. The third-order valence-electron chi connectivity index (χ3n) is 5.50. The maximum atomic E-state index is 13.2. The molecule has 2 aliphatic rings. The normalized spacial score (nSPS) is 24.7. The number of aromatic nitrogens is 1. The van der Waals surface area contributed by atoms with E-state index >= 15 is 0 Å². The number of halogens is 3. The average molecular weight is 390 g/mol. The molecule has 2 heterocycles. The maximum absolute atomic E-state index is 13.2. The van der Waals surface area contributed by atoms with Gasteiger partial charge in [-0.1, -0.05) is 43.2 Å². The predicted molar refractivity (Wildman–Crippen MR) is 98.4 cm³/mol. The molecule has 28 heavy (non-hydrogen) atoms. The lowest BCUT2D eigenvalue weighted by Gasteiger charge is -2.38. The monoisotopic (exact) mass is 390 g/mol. The van der Waals surface area contributed by atoms with E-state index in [-0.39, 0.29) is 17.4 Å². The Kier molecular flexibility index (Phi) is 4.79. The molecule has 1 aromatic carbocycles. The Bertz CT molecular complexity index is 883. The summed E-state index contributed by atoms with van der Waals surface area (Å²) in [6, 6.07) is 11.1. The smallest absolute Gasteiger partial charge is 0.417 e. The van der Waals surface area contributed by atoms with Crippen molar-refractivity contribution in [2.24, 2.45) is 0 Å². The molecule has 1 spiro atoms. The number of rotatable bonds is 3. The molecule has 4 nitrogen and oxygen atoms in total. The molecule has 2 atom stereocenters. The van der Waals surface area contributed by atoms with Crippen LogP contribution in [-0.4, -0.2) is 17.7 Å². The van der Waals surface area contributed by atoms with Crippen molar-refractivity contribution >= 4 is 5.70 Å². The van der Waals surface area contributed by atoms with E-state index in [9.17, 15) is 13.2 Å². The van der Waals surface area contributed by atoms with Crippen LogP contribution < -0.4 is 10.2 Å². The van der Waals surface area contributed by atoms with Gasteiger partial charge >= 0.3 is 6.18 Å². The fraction of sp³-hybridized carbons (Fsp3) is 0.381. The highest BCUT2D eigenvalue weighted by Crippen LogP contribution is 2.48. The molecule has 0 unspecified atom stereocenters. The number of methoxy groups -OCH3 is 1. The fourth-order valence-electron chi connectivity index (χ4n) is 4.15. The molecule has 1 aromatic heterocycles. The number of ether oxygens (including phenoxy) is 1. The predicted octanol–water partition coefficient (Wildman–Crippen LogP) is 5.08. The van der Waals surface area contributed by atoms with Gasteiger partial charge in [-0.05, 0) is 30.5 Å². The molecule has 4 rings (SSSR count). The number of hydrogen-bond acceptors (Lipinski definition) is 4. The van der Waals surface area contributed by atoms with Crippen molar-refractivity contribution in [2.75, 3.05) is 7.11 Å². The number of benzene rings is 1. The zero-order chi connectivity index (χ0) is 19.8. The molecule has 1 saturated carbocycles. The largest absolute Gasteiger partial charge is 0.481 e. The summed E-state index contributed by atoms with van der Waals surface area (Å²) >= 11 is 0. The molecule has 1 aliphatic heterocycles. The molecule has 0 bridgehead atoms. The van der Waals surface area contributed by atoms with Crippen LogP contribution in [0.4, 0.5) is 13.2 Å². The summed E-state index contributed by atoms with van der Waals surface area (Å²) in [6.07, 6.45) is 2.02. The zero-order valence-electron chi connectivity index (χ0n) is 15.4. The van der Waals surface area contributed by atoms with Gasteiger partial charge in [-0.3, -0.25) is 10.3 Å². The van der Waals surface area contributed by atoms with Gasteiger partial charge in [0, 0.05) is 12.1 Å². The van der Waals surface area contributed by atoms with Crippen LogP contribution in [0.3, 0.4) is 0 Å². The van der Waals surface area contributed by atoms with Gasteiger partial charge in [0.2, 0.25) is 5.88 Å². The highest BCUT2D eigenvalue weighted by Gasteiger charge is 2.45. The van der Waals surface area contributed by atoms with Gasteiger partial charge in [-0.2, -0.15) is 13.2 Å². The maximum Gasteiger partial charge on any atom is 0.417 e. The van der Waals surface area contributed by atoms with Crippen molar-refractivity contribution in [1.29, 1.82) is 0 Å². The summed E-state index contributed by atoms with van der Waals surface area (Å²) in [6.45, 7) is 0. The van der Waals surface area contributed by atoms with Crippen molar-refractivity contribution in [3.05, 3.63) is 65.4 Å².